The van der Waals surface area contributed by atoms with E-state index in [0.29, 0.717) is 0 Å². The fourth-order valence-electron chi connectivity index (χ4n) is 7.59. The summed E-state index contributed by atoms with van der Waals surface area (Å²) >= 11 is 0. The Hall–Kier alpha value is -4.88. The second-order valence-corrected chi connectivity index (χ2v) is 15.0. The third-order valence-corrected chi connectivity index (χ3v) is 10.7. The van der Waals surface area contributed by atoms with E-state index in [-0.39, 0.29) is 30.9 Å². The summed E-state index contributed by atoms with van der Waals surface area (Å²) in [6.45, 7) is 9.46. The SMILES string of the molecule is CC1(C)CCC(C)(C)c2cc(-c3[c-]cc(-c4ccccc4)c(-c4cccc(-c5cc(-c6ccccc6)cc(-c6ccccc6)c5)c4)c3)ncc21.[Ir]. The van der Waals surface area contributed by atoms with Crippen LogP contribution in [0, 0.1) is 6.07 Å². The van der Waals surface area contributed by atoms with Gasteiger partial charge in [0.05, 0.1) is 0 Å². The average molecular weight is 837 g/mol. The van der Waals surface area contributed by atoms with Gasteiger partial charge < -0.3 is 4.98 Å². The molecule has 1 nitrogen and oxygen atoms in total. The molecular formula is C49H42IrN-. The summed E-state index contributed by atoms with van der Waals surface area (Å²) in [6.07, 6.45) is 4.48. The van der Waals surface area contributed by atoms with Gasteiger partial charge in [-0.3, -0.25) is 0 Å². The first-order valence-corrected chi connectivity index (χ1v) is 17.7. The van der Waals surface area contributed by atoms with Gasteiger partial charge in [0.1, 0.15) is 0 Å². The summed E-state index contributed by atoms with van der Waals surface area (Å²) in [4.78, 5) is 5.07. The molecule has 2 heteroatoms. The van der Waals surface area contributed by atoms with Crippen LogP contribution >= 0.6 is 0 Å². The number of hydrogen-bond donors (Lipinski definition) is 0. The predicted octanol–water partition coefficient (Wildman–Crippen LogP) is 13.2. The molecule has 253 valence electrons. The van der Waals surface area contributed by atoms with Crippen molar-refractivity contribution in [2.45, 2.75) is 51.4 Å². The molecule has 0 amide bonds. The topological polar surface area (TPSA) is 12.9 Å². The molecule has 0 N–H and O–H groups in total. The summed E-state index contributed by atoms with van der Waals surface area (Å²) in [5, 5.41) is 0. The van der Waals surface area contributed by atoms with Crippen molar-refractivity contribution >= 4 is 0 Å². The minimum atomic E-state index is 0. The third kappa shape index (κ3) is 6.92. The molecule has 51 heavy (non-hydrogen) atoms. The van der Waals surface area contributed by atoms with Gasteiger partial charge in [-0.1, -0.05) is 160 Å². The van der Waals surface area contributed by atoms with Gasteiger partial charge in [-0.05, 0) is 104 Å². The zero-order valence-electron chi connectivity index (χ0n) is 29.7. The van der Waals surface area contributed by atoms with E-state index in [2.05, 4.69) is 192 Å². The maximum absolute atomic E-state index is 5.07. The van der Waals surface area contributed by atoms with Gasteiger partial charge in [-0.2, -0.15) is 0 Å². The number of aromatic nitrogens is 1. The Bertz CT molecular complexity index is 2250. The standard InChI is InChI=1S/C49H42N.Ir/c1-48(2)25-26-49(3,4)46-33-50-47(32-45(46)48)39-23-24-43(36-19-12-7-13-20-36)44(31-39)38-22-14-21-37(27-38)42-29-40(34-15-8-5-9-16-34)28-41(30-42)35-17-10-6-11-18-35;/h5-22,24,27-33H,25-26H2,1-4H3;/q-1;. The molecule has 0 bridgehead atoms. The van der Waals surface area contributed by atoms with Crippen molar-refractivity contribution in [1.29, 1.82) is 0 Å². The normalized spacial score (nSPS) is 14.3. The van der Waals surface area contributed by atoms with Crippen LogP contribution in [0.4, 0.5) is 0 Å². The molecule has 8 rings (SSSR count). The van der Waals surface area contributed by atoms with Crippen molar-refractivity contribution in [3.63, 3.8) is 0 Å². The Balaban J connectivity index is 0.00000406. The quantitative estimate of drug-likeness (QED) is 0.152. The van der Waals surface area contributed by atoms with Crippen LogP contribution < -0.4 is 0 Å². The van der Waals surface area contributed by atoms with E-state index < -0.39 is 0 Å². The van der Waals surface area contributed by atoms with E-state index in [4.69, 9.17) is 4.98 Å². The van der Waals surface area contributed by atoms with Crippen LogP contribution in [0.1, 0.15) is 51.7 Å². The van der Waals surface area contributed by atoms with E-state index >= 15 is 0 Å². The molecule has 1 aliphatic rings. The van der Waals surface area contributed by atoms with Gasteiger partial charge in [0, 0.05) is 26.3 Å². The Labute approximate surface area is 316 Å². The van der Waals surface area contributed by atoms with Gasteiger partial charge >= 0.3 is 0 Å². The number of rotatable bonds is 6. The fraction of sp³-hybridized carbons (Fsp3) is 0.163. The Morgan fingerprint density at radius 1 is 0.451 bits per heavy atom. The van der Waals surface area contributed by atoms with Gasteiger partial charge in [0.25, 0.3) is 0 Å². The molecule has 1 radical (unpaired) electrons. The van der Waals surface area contributed by atoms with E-state index in [1.165, 1.54) is 74.0 Å². The van der Waals surface area contributed by atoms with Crippen LogP contribution in [0.25, 0.3) is 66.9 Å². The Kier molecular flexibility index (Phi) is 9.51. The molecule has 1 heterocycles. The smallest absolute Gasteiger partial charge is 0.0201 e. The predicted molar refractivity (Wildman–Crippen MR) is 211 cm³/mol. The minimum absolute atomic E-state index is 0. The first kappa shape index (κ1) is 34.6. The van der Waals surface area contributed by atoms with Crippen LogP contribution in [0.5, 0.6) is 0 Å². The van der Waals surface area contributed by atoms with Crippen molar-refractivity contribution in [3.8, 4) is 66.9 Å². The van der Waals surface area contributed by atoms with Gasteiger partial charge in [0.15, 0.2) is 0 Å². The number of hydrogen-bond acceptors (Lipinski definition) is 1. The van der Waals surface area contributed by atoms with E-state index in [1.807, 2.05) is 0 Å². The summed E-state index contributed by atoms with van der Waals surface area (Å²) in [5.41, 5.74) is 16.9. The summed E-state index contributed by atoms with van der Waals surface area (Å²) < 4.78 is 0. The molecule has 0 atom stereocenters. The molecule has 0 spiro atoms. The minimum Gasteiger partial charge on any atom is -0.304 e. The molecule has 0 aliphatic heterocycles. The van der Waals surface area contributed by atoms with E-state index in [1.54, 1.807) is 0 Å². The Morgan fingerprint density at radius 2 is 0.922 bits per heavy atom. The van der Waals surface area contributed by atoms with Gasteiger partial charge in [-0.25, -0.2) is 0 Å². The average Bonchev–Trinajstić information content (AvgIpc) is 3.17. The molecule has 0 fully saturated rings. The first-order chi connectivity index (χ1) is 24.2. The molecular weight excluding hydrogens is 795 g/mol. The van der Waals surface area contributed by atoms with Crippen molar-refractivity contribution < 1.29 is 20.1 Å². The largest absolute Gasteiger partial charge is 0.304 e. The van der Waals surface area contributed by atoms with Crippen molar-refractivity contribution in [1.82, 2.24) is 4.98 Å². The molecule has 1 aliphatic carbocycles. The fourth-order valence-corrected chi connectivity index (χ4v) is 7.59. The molecule has 1 aromatic heterocycles. The van der Waals surface area contributed by atoms with Gasteiger partial charge in [-0.15, -0.1) is 23.8 Å². The van der Waals surface area contributed by atoms with Crippen LogP contribution in [-0.2, 0) is 30.9 Å². The molecule has 0 saturated carbocycles. The summed E-state index contributed by atoms with van der Waals surface area (Å²) in [7, 11) is 0. The zero-order valence-corrected chi connectivity index (χ0v) is 32.1. The zero-order chi connectivity index (χ0) is 34.3. The second-order valence-electron chi connectivity index (χ2n) is 15.0. The van der Waals surface area contributed by atoms with Crippen LogP contribution in [-0.4, -0.2) is 4.98 Å². The number of nitrogens with zero attached hydrogens (tertiary/aromatic N) is 1. The van der Waals surface area contributed by atoms with Crippen molar-refractivity contribution in [3.05, 3.63) is 175 Å². The van der Waals surface area contributed by atoms with Crippen LogP contribution in [0.15, 0.2) is 158 Å². The molecule has 0 saturated heterocycles. The van der Waals surface area contributed by atoms with E-state index in [9.17, 15) is 0 Å². The maximum atomic E-state index is 5.07. The van der Waals surface area contributed by atoms with Crippen LogP contribution in [0.2, 0.25) is 0 Å². The van der Waals surface area contributed by atoms with E-state index in [0.717, 1.165) is 16.8 Å². The Morgan fingerprint density at radius 3 is 1.51 bits per heavy atom. The number of benzene rings is 6. The van der Waals surface area contributed by atoms with Gasteiger partial charge in [0.2, 0.25) is 0 Å². The molecule has 6 aromatic carbocycles. The van der Waals surface area contributed by atoms with Crippen molar-refractivity contribution in [2.24, 2.45) is 0 Å². The second kappa shape index (κ2) is 14.0. The summed E-state index contributed by atoms with van der Waals surface area (Å²) in [6, 6.07) is 58.4. The third-order valence-electron chi connectivity index (χ3n) is 10.7. The van der Waals surface area contributed by atoms with Crippen LogP contribution in [0.3, 0.4) is 0 Å². The first-order valence-electron chi connectivity index (χ1n) is 17.7. The number of fused-ring (bicyclic) bond motifs is 1. The maximum Gasteiger partial charge on any atom is 0.0201 e. The monoisotopic (exact) mass is 837 g/mol. The van der Waals surface area contributed by atoms with Crippen molar-refractivity contribution in [2.75, 3.05) is 0 Å². The number of pyridine rings is 1. The summed E-state index contributed by atoms with van der Waals surface area (Å²) in [5.74, 6) is 0. The molecule has 0 unspecified atom stereocenters. The molecule has 7 aromatic rings.